The van der Waals surface area contributed by atoms with Crippen molar-refractivity contribution < 1.29 is 23.1 Å². The molecule has 0 spiro atoms. The normalized spacial score (nSPS) is 22.5. The van der Waals surface area contributed by atoms with Gasteiger partial charge in [0.2, 0.25) is 0 Å². The van der Waals surface area contributed by atoms with Gasteiger partial charge in [0.05, 0.1) is 5.41 Å². The van der Waals surface area contributed by atoms with E-state index in [1.165, 1.54) is 4.52 Å². The summed E-state index contributed by atoms with van der Waals surface area (Å²) in [5.41, 5.74) is -2.08. The third kappa shape index (κ3) is 2.24. The molecule has 3 heterocycles. The molecule has 1 N–H and O–H groups in total. The molecule has 0 radical (unpaired) electrons. The minimum atomic E-state index is -4.61. The molecule has 1 saturated heterocycles. The fourth-order valence-electron chi connectivity index (χ4n) is 2.50. The van der Waals surface area contributed by atoms with Gasteiger partial charge in [-0.2, -0.15) is 27.8 Å². The van der Waals surface area contributed by atoms with Gasteiger partial charge in [-0.05, 0) is 13.3 Å². The van der Waals surface area contributed by atoms with E-state index < -0.39 is 23.3 Å². The van der Waals surface area contributed by atoms with Gasteiger partial charge in [0.1, 0.15) is 12.1 Å². The molecule has 7 nitrogen and oxygen atoms in total. The van der Waals surface area contributed by atoms with E-state index in [1.807, 2.05) is 0 Å². The van der Waals surface area contributed by atoms with Gasteiger partial charge in [-0.25, -0.2) is 4.98 Å². The average molecular weight is 315 g/mol. The molecule has 3 rings (SSSR count). The second-order valence-electron chi connectivity index (χ2n) is 5.51. The molecule has 1 unspecified atom stereocenters. The van der Waals surface area contributed by atoms with Gasteiger partial charge >= 0.3 is 12.1 Å². The average Bonchev–Trinajstić information content (AvgIpc) is 3.03. The van der Waals surface area contributed by atoms with E-state index in [1.54, 1.807) is 11.8 Å². The van der Waals surface area contributed by atoms with E-state index in [9.17, 15) is 23.1 Å². The maximum Gasteiger partial charge on any atom is 0.433 e. The summed E-state index contributed by atoms with van der Waals surface area (Å²) in [6, 6.07) is 0.870. The van der Waals surface area contributed by atoms with Crippen LogP contribution in [0.25, 0.3) is 5.78 Å². The topological polar surface area (TPSA) is 83.6 Å². The number of halogens is 3. The van der Waals surface area contributed by atoms with Crippen molar-refractivity contribution in [1.82, 2.24) is 19.6 Å². The zero-order chi connectivity index (χ0) is 16.1. The Labute approximate surface area is 122 Å². The second kappa shape index (κ2) is 4.55. The van der Waals surface area contributed by atoms with Crippen LogP contribution in [0.1, 0.15) is 19.0 Å². The fourth-order valence-corrected chi connectivity index (χ4v) is 2.50. The van der Waals surface area contributed by atoms with Crippen LogP contribution in [0.5, 0.6) is 0 Å². The lowest BCUT2D eigenvalue weighted by Crippen LogP contribution is -2.32. The molecule has 0 saturated carbocycles. The molecule has 0 bridgehead atoms. The van der Waals surface area contributed by atoms with E-state index in [0.29, 0.717) is 13.0 Å². The molecule has 1 aliphatic rings. The number of rotatable bonds is 2. The lowest BCUT2D eigenvalue weighted by Gasteiger charge is -2.22. The predicted octanol–water partition coefficient (Wildman–Crippen LogP) is 1.44. The highest BCUT2D eigenvalue weighted by Crippen LogP contribution is 2.35. The van der Waals surface area contributed by atoms with E-state index in [4.69, 9.17) is 0 Å². The van der Waals surface area contributed by atoms with E-state index in [2.05, 4.69) is 15.1 Å². The number of carboxylic acids is 1. The van der Waals surface area contributed by atoms with Crippen molar-refractivity contribution in [2.45, 2.75) is 19.5 Å². The first-order chi connectivity index (χ1) is 10.2. The molecule has 10 heteroatoms. The van der Waals surface area contributed by atoms with E-state index in [0.717, 1.165) is 12.4 Å². The first-order valence-corrected chi connectivity index (χ1v) is 6.47. The Bertz CT molecular complexity index is 744. The summed E-state index contributed by atoms with van der Waals surface area (Å²) in [6.45, 7) is 1.98. The lowest BCUT2D eigenvalue weighted by atomic mass is 9.90. The van der Waals surface area contributed by atoms with Crippen LogP contribution >= 0.6 is 0 Å². The van der Waals surface area contributed by atoms with Crippen LogP contribution in [0.15, 0.2) is 12.4 Å². The van der Waals surface area contributed by atoms with Crippen LogP contribution in [-0.2, 0) is 11.0 Å². The highest BCUT2D eigenvalue weighted by atomic mass is 19.4. The molecular weight excluding hydrogens is 303 g/mol. The molecular formula is C12H12F3N5O2. The van der Waals surface area contributed by atoms with Crippen LogP contribution in [0, 0.1) is 5.41 Å². The van der Waals surface area contributed by atoms with Crippen LogP contribution in [-0.4, -0.2) is 43.7 Å². The van der Waals surface area contributed by atoms with Gasteiger partial charge in [-0.3, -0.25) is 4.79 Å². The van der Waals surface area contributed by atoms with Crippen LogP contribution in [0.4, 0.5) is 19.0 Å². The zero-order valence-corrected chi connectivity index (χ0v) is 11.5. The third-order valence-corrected chi connectivity index (χ3v) is 3.84. The van der Waals surface area contributed by atoms with E-state index >= 15 is 0 Å². The summed E-state index contributed by atoms with van der Waals surface area (Å²) in [6.07, 6.45) is -3.17. The minimum absolute atomic E-state index is 0.0958. The molecule has 2 aromatic heterocycles. The Morgan fingerprint density at radius 1 is 1.45 bits per heavy atom. The summed E-state index contributed by atoms with van der Waals surface area (Å²) in [5.74, 6) is -1.01. The van der Waals surface area contributed by atoms with Gasteiger partial charge in [0.25, 0.3) is 5.78 Å². The third-order valence-electron chi connectivity index (χ3n) is 3.84. The number of hydrogen-bond acceptors (Lipinski definition) is 5. The summed E-state index contributed by atoms with van der Waals surface area (Å²) < 4.78 is 40.0. The molecule has 0 aliphatic carbocycles. The summed E-state index contributed by atoms with van der Waals surface area (Å²) in [5, 5.41) is 13.1. The van der Waals surface area contributed by atoms with Gasteiger partial charge < -0.3 is 10.0 Å². The molecule has 1 fully saturated rings. The van der Waals surface area contributed by atoms with Crippen molar-refractivity contribution in [2.75, 3.05) is 18.0 Å². The molecule has 2 aromatic rings. The molecule has 0 amide bonds. The number of hydrogen-bond donors (Lipinski definition) is 1. The second-order valence-corrected chi connectivity index (χ2v) is 5.51. The van der Waals surface area contributed by atoms with Crippen LogP contribution in [0.2, 0.25) is 0 Å². The van der Waals surface area contributed by atoms with Crippen molar-refractivity contribution in [1.29, 1.82) is 0 Å². The first-order valence-electron chi connectivity index (χ1n) is 6.47. The Balaban J connectivity index is 2.07. The Kier molecular flexibility index (Phi) is 3.01. The van der Waals surface area contributed by atoms with Crippen molar-refractivity contribution in [3.8, 4) is 0 Å². The lowest BCUT2D eigenvalue weighted by molar-refractivity contribution is -0.146. The SMILES string of the molecule is CC1(C(=O)O)CCN(c2cc(C(F)(F)F)nc3ncnn23)C1. The van der Waals surface area contributed by atoms with Crippen LogP contribution in [0.3, 0.4) is 0 Å². The van der Waals surface area contributed by atoms with Crippen molar-refractivity contribution in [3.63, 3.8) is 0 Å². The molecule has 1 aliphatic heterocycles. The largest absolute Gasteiger partial charge is 0.481 e. The first kappa shape index (κ1) is 14.5. The predicted molar refractivity (Wildman–Crippen MR) is 68.4 cm³/mol. The monoisotopic (exact) mass is 315 g/mol. The standard InChI is InChI=1S/C12H12F3N5O2/c1-11(9(21)22)2-3-19(5-11)8-4-7(12(13,14)15)18-10-16-6-17-20(8)10/h4,6H,2-3,5H2,1H3,(H,21,22). The summed E-state index contributed by atoms with van der Waals surface area (Å²) in [7, 11) is 0. The summed E-state index contributed by atoms with van der Waals surface area (Å²) in [4.78, 5) is 20.0. The molecule has 118 valence electrons. The number of carboxylic acid groups (broad SMARTS) is 1. The van der Waals surface area contributed by atoms with Crippen molar-refractivity contribution >= 4 is 17.6 Å². The quantitative estimate of drug-likeness (QED) is 0.903. The van der Waals surface area contributed by atoms with Crippen molar-refractivity contribution in [3.05, 3.63) is 18.1 Å². The van der Waals surface area contributed by atoms with Gasteiger partial charge in [-0.15, -0.1) is 0 Å². The highest BCUT2D eigenvalue weighted by molar-refractivity contribution is 5.76. The number of carbonyl (C=O) groups is 1. The smallest absolute Gasteiger partial charge is 0.433 e. The maximum absolute atomic E-state index is 12.9. The van der Waals surface area contributed by atoms with Gasteiger partial charge in [0, 0.05) is 19.2 Å². The maximum atomic E-state index is 12.9. The van der Waals surface area contributed by atoms with Gasteiger partial charge in [-0.1, -0.05) is 0 Å². The fraction of sp³-hybridized carbons (Fsp3) is 0.500. The number of aromatic nitrogens is 4. The Hall–Kier alpha value is -2.39. The summed E-state index contributed by atoms with van der Waals surface area (Å²) >= 11 is 0. The van der Waals surface area contributed by atoms with Gasteiger partial charge in [0.15, 0.2) is 5.69 Å². The number of fused-ring (bicyclic) bond motifs is 1. The number of nitrogens with zero attached hydrogens (tertiary/aromatic N) is 5. The number of alkyl halides is 3. The Morgan fingerprint density at radius 3 is 2.77 bits per heavy atom. The molecule has 1 atom stereocenters. The van der Waals surface area contributed by atoms with Crippen LogP contribution < -0.4 is 4.90 Å². The zero-order valence-electron chi connectivity index (χ0n) is 11.5. The number of aliphatic carboxylic acids is 1. The van der Waals surface area contributed by atoms with E-state index in [-0.39, 0.29) is 18.1 Å². The highest BCUT2D eigenvalue weighted by Gasteiger charge is 2.42. The molecule has 0 aromatic carbocycles. The minimum Gasteiger partial charge on any atom is -0.481 e. The Morgan fingerprint density at radius 2 is 2.18 bits per heavy atom. The molecule has 22 heavy (non-hydrogen) atoms. The number of anilines is 1. The van der Waals surface area contributed by atoms with Crippen molar-refractivity contribution in [2.24, 2.45) is 5.41 Å².